The van der Waals surface area contributed by atoms with E-state index in [1.54, 1.807) is 0 Å². The molecule has 0 bridgehead atoms. The Bertz CT molecular complexity index is 466. The highest BCUT2D eigenvalue weighted by atomic mass is 35.5. The van der Waals surface area contributed by atoms with Crippen molar-refractivity contribution in [3.05, 3.63) is 29.8 Å². The summed E-state index contributed by atoms with van der Waals surface area (Å²) in [5, 5.41) is 8.33. The molecule has 3 N–H and O–H groups in total. The Labute approximate surface area is 129 Å². The number of hydrogen-bond acceptors (Lipinski definition) is 2. The van der Waals surface area contributed by atoms with Crippen LogP contribution in [0.15, 0.2) is 18.2 Å². The zero-order valence-corrected chi connectivity index (χ0v) is 12.4. The highest BCUT2D eigenvalue weighted by molar-refractivity contribution is 5.89. The van der Waals surface area contributed by atoms with E-state index in [-0.39, 0.29) is 24.1 Å². The van der Waals surface area contributed by atoms with E-state index >= 15 is 0 Å². The Morgan fingerprint density at radius 2 is 2.10 bits per heavy atom. The smallest absolute Gasteiger partial charge is 0.319 e. The Morgan fingerprint density at radius 1 is 1.29 bits per heavy atom. The second kappa shape index (κ2) is 8.79. The second-order valence-corrected chi connectivity index (χ2v) is 4.96. The van der Waals surface area contributed by atoms with E-state index < -0.39 is 17.7 Å². The van der Waals surface area contributed by atoms with Gasteiger partial charge in [-0.1, -0.05) is 12.8 Å². The number of carbonyl (C=O) groups excluding carboxylic acids is 1. The SMILES string of the molecule is Cl.O=C(NCC1CCCCCN1)Nc1cc(F)ccc1F. The molecule has 118 valence electrons. The Hall–Kier alpha value is -1.40. The van der Waals surface area contributed by atoms with Gasteiger partial charge in [-0.25, -0.2) is 13.6 Å². The van der Waals surface area contributed by atoms with Crippen molar-refractivity contribution in [3.8, 4) is 0 Å². The Kier molecular flexibility index (Phi) is 7.39. The maximum absolute atomic E-state index is 13.4. The summed E-state index contributed by atoms with van der Waals surface area (Å²) in [6.45, 7) is 1.43. The molecule has 1 saturated heterocycles. The molecule has 0 saturated carbocycles. The molecule has 4 nitrogen and oxygen atoms in total. The third-order valence-electron chi connectivity index (χ3n) is 3.35. The van der Waals surface area contributed by atoms with Gasteiger partial charge in [-0.05, 0) is 31.5 Å². The largest absolute Gasteiger partial charge is 0.336 e. The maximum atomic E-state index is 13.4. The van der Waals surface area contributed by atoms with Gasteiger partial charge in [0.1, 0.15) is 11.6 Å². The van der Waals surface area contributed by atoms with Crippen LogP contribution in [-0.4, -0.2) is 25.2 Å². The molecule has 0 aliphatic carbocycles. The Morgan fingerprint density at radius 3 is 2.90 bits per heavy atom. The molecule has 21 heavy (non-hydrogen) atoms. The van der Waals surface area contributed by atoms with Crippen molar-refractivity contribution in [2.24, 2.45) is 0 Å². The third-order valence-corrected chi connectivity index (χ3v) is 3.35. The molecule has 0 radical (unpaired) electrons. The Balaban J connectivity index is 0.00000220. The van der Waals surface area contributed by atoms with Gasteiger partial charge in [-0.2, -0.15) is 0 Å². The molecule has 7 heteroatoms. The molecule has 1 aromatic carbocycles. The van der Waals surface area contributed by atoms with Gasteiger partial charge in [0.25, 0.3) is 0 Å². The first-order valence-electron chi connectivity index (χ1n) is 6.88. The van der Waals surface area contributed by atoms with Crippen molar-refractivity contribution in [2.45, 2.75) is 31.7 Å². The number of anilines is 1. The lowest BCUT2D eigenvalue weighted by Gasteiger charge is -2.16. The number of urea groups is 1. The van der Waals surface area contributed by atoms with Crippen molar-refractivity contribution in [1.29, 1.82) is 0 Å². The molecule has 0 aromatic heterocycles. The van der Waals surface area contributed by atoms with Crippen LogP contribution in [0.25, 0.3) is 0 Å². The van der Waals surface area contributed by atoms with Gasteiger partial charge in [-0.15, -0.1) is 12.4 Å². The van der Waals surface area contributed by atoms with Crippen LogP contribution in [-0.2, 0) is 0 Å². The predicted octanol–water partition coefficient (Wildman–Crippen LogP) is 3.04. The first-order valence-corrected chi connectivity index (χ1v) is 6.88. The number of nitrogens with one attached hydrogen (secondary N) is 3. The van der Waals surface area contributed by atoms with E-state index in [0.29, 0.717) is 6.54 Å². The van der Waals surface area contributed by atoms with Crippen LogP contribution < -0.4 is 16.0 Å². The van der Waals surface area contributed by atoms with Gasteiger partial charge in [0.05, 0.1) is 5.69 Å². The molecule has 1 aliphatic rings. The van der Waals surface area contributed by atoms with Crippen LogP contribution >= 0.6 is 12.4 Å². The van der Waals surface area contributed by atoms with Crippen LogP contribution in [0.3, 0.4) is 0 Å². The molecule has 1 unspecified atom stereocenters. The van der Waals surface area contributed by atoms with Crippen LogP contribution in [0.5, 0.6) is 0 Å². The lowest BCUT2D eigenvalue weighted by Crippen LogP contribution is -2.42. The number of amides is 2. The summed E-state index contributed by atoms with van der Waals surface area (Å²) in [6.07, 6.45) is 4.50. The molecule has 1 atom stereocenters. The lowest BCUT2D eigenvalue weighted by molar-refractivity contribution is 0.250. The van der Waals surface area contributed by atoms with E-state index in [1.807, 2.05) is 0 Å². The summed E-state index contributed by atoms with van der Waals surface area (Å²) < 4.78 is 26.3. The number of benzene rings is 1. The number of carbonyl (C=O) groups is 1. The minimum atomic E-state index is -0.658. The summed E-state index contributed by atoms with van der Waals surface area (Å²) in [5.74, 6) is -1.25. The van der Waals surface area contributed by atoms with Crippen molar-refractivity contribution in [2.75, 3.05) is 18.4 Å². The van der Waals surface area contributed by atoms with Crippen LogP contribution in [0.1, 0.15) is 25.7 Å². The standard InChI is InChI=1S/C14H19F2N3O.ClH/c15-10-5-6-12(16)13(8-10)19-14(20)18-9-11-4-2-1-3-7-17-11;/h5-6,8,11,17H,1-4,7,9H2,(H2,18,19,20);1H. The minimum Gasteiger partial charge on any atom is -0.336 e. The average molecular weight is 320 g/mol. The van der Waals surface area contributed by atoms with Crippen LogP contribution in [0, 0.1) is 11.6 Å². The highest BCUT2D eigenvalue weighted by Gasteiger charge is 2.13. The summed E-state index contributed by atoms with van der Waals surface area (Å²) >= 11 is 0. The molecule has 1 aliphatic heterocycles. The van der Waals surface area contributed by atoms with E-state index in [4.69, 9.17) is 0 Å². The van der Waals surface area contributed by atoms with Gasteiger partial charge in [-0.3, -0.25) is 0 Å². The highest BCUT2D eigenvalue weighted by Crippen LogP contribution is 2.15. The normalized spacial score (nSPS) is 18.3. The monoisotopic (exact) mass is 319 g/mol. The van der Waals surface area contributed by atoms with Gasteiger partial charge >= 0.3 is 6.03 Å². The number of rotatable bonds is 3. The maximum Gasteiger partial charge on any atom is 0.319 e. The molecule has 1 heterocycles. The summed E-state index contributed by atoms with van der Waals surface area (Å²) in [4.78, 5) is 11.7. The first kappa shape index (κ1) is 17.7. The summed E-state index contributed by atoms with van der Waals surface area (Å²) in [5.41, 5.74) is -0.156. The fourth-order valence-corrected chi connectivity index (χ4v) is 2.25. The topological polar surface area (TPSA) is 53.2 Å². The minimum absolute atomic E-state index is 0. The van der Waals surface area contributed by atoms with Crippen molar-refractivity contribution in [3.63, 3.8) is 0 Å². The average Bonchev–Trinajstić information content (AvgIpc) is 2.69. The fraction of sp³-hybridized carbons (Fsp3) is 0.500. The van der Waals surface area contributed by atoms with Crippen LogP contribution in [0.2, 0.25) is 0 Å². The zero-order chi connectivity index (χ0) is 14.4. The van der Waals surface area contributed by atoms with E-state index in [1.165, 1.54) is 6.42 Å². The third kappa shape index (κ3) is 5.85. The van der Waals surface area contributed by atoms with Gasteiger partial charge in [0.2, 0.25) is 0 Å². The van der Waals surface area contributed by atoms with Crippen molar-refractivity contribution < 1.29 is 13.6 Å². The van der Waals surface area contributed by atoms with Crippen molar-refractivity contribution in [1.82, 2.24) is 10.6 Å². The number of hydrogen-bond donors (Lipinski definition) is 3. The molecule has 0 spiro atoms. The first-order chi connectivity index (χ1) is 9.65. The predicted molar refractivity (Wildman–Crippen MR) is 80.9 cm³/mol. The van der Waals surface area contributed by atoms with E-state index in [0.717, 1.165) is 44.0 Å². The van der Waals surface area contributed by atoms with Gasteiger partial charge in [0.15, 0.2) is 0 Å². The fourth-order valence-electron chi connectivity index (χ4n) is 2.25. The molecular formula is C14H20ClF2N3O. The molecular weight excluding hydrogens is 300 g/mol. The van der Waals surface area contributed by atoms with Crippen LogP contribution in [0.4, 0.5) is 19.3 Å². The van der Waals surface area contributed by atoms with E-state index in [2.05, 4.69) is 16.0 Å². The van der Waals surface area contributed by atoms with Gasteiger partial charge in [0, 0.05) is 18.7 Å². The summed E-state index contributed by atoms with van der Waals surface area (Å²) in [6, 6.07) is 2.66. The molecule has 2 amide bonds. The number of halogens is 3. The lowest BCUT2D eigenvalue weighted by atomic mass is 10.1. The van der Waals surface area contributed by atoms with Crippen molar-refractivity contribution >= 4 is 24.1 Å². The molecule has 1 aromatic rings. The zero-order valence-electron chi connectivity index (χ0n) is 11.6. The second-order valence-electron chi connectivity index (χ2n) is 4.96. The van der Waals surface area contributed by atoms with E-state index in [9.17, 15) is 13.6 Å². The summed E-state index contributed by atoms with van der Waals surface area (Å²) in [7, 11) is 0. The molecule has 2 rings (SSSR count). The quantitative estimate of drug-likeness (QED) is 0.802. The molecule has 1 fully saturated rings. The van der Waals surface area contributed by atoms with Gasteiger partial charge < -0.3 is 16.0 Å².